The van der Waals surface area contributed by atoms with E-state index in [9.17, 15) is 13.7 Å². The Morgan fingerprint density at radius 2 is 2.11 bits per heavy atom. The van der Waals surface area contributed by atoms with Gasteiger partial charge in [0, 0.05) is 41.9 Å². The van der Waals surface area contributed by atoms with Crippen molar-refractivity contribution in [2.75, 3.05) is 31.1 Å². The average molecular weight is 271 g/mol. The van der Waals surface area contributed by atoms with Gasteiger partial charge >= 0.3 is 0 Å². The average Bonchev–Trinajstić information content (AvgIpc) is 2.38. The van der Waals surface area contributed by atoms with Crippen molar-refractivity contribution in [2.24, 2.45) is 0 Å². The molecule has 5 heteroatoms. The van der Waals surface area contributed by atoms with Gasteiger partial charge in [0.25, 0.3) is 0 Å². The molecule has 0 bridgehead atoms. The van der Waals surface area contributed by atoms with Gasteiger partial charge in [-0.05, 0) is 24.1 Å². The molecule has 3 nitrogen and oxygen atoms in total. The van der Waals surface area contributed by atoms with Crippen LogP contribution in [-0.4, -0.2) is 45.4 Å². The first kappa shape index (κ1) is 13.6. The van der Waals surface area contributed by atoms with Crippen molar-refractivity contribution < 1.29 is 13.7 Å². The third-order valence-electron chi connectivity index (χ3n) is 3.22. The van der Waals surface area contributed by atoms with Crippen LogP contribution in [0.5, 0.6) is 0 Å². The Bertz CT molecular complexity index is 417. The van der Waals surface area contributed by atoms with Gasteiger partial charge in [-0.1, -0.05) is 12.1 Å². The van der Waals surface area contributed by atoms with Gasteiger partial charge in [-0.2, -0.15) is 0 Å². The van der Waals surface area contributed by atoms with Crippen LogP contribution < -0.4 is 0 Å². The van der Waals surface area contributed by atoms with Crippen LogP contribution in [0.1, 0.15) is 18.1 Å². The van der Waals surface area contributed by atoms with E-state index in [2.05, 4.69) is 4.90 Å². The molecule has 1 atom stereocenters. The molecule has 18 heavy (non-hydrogen) atoms. The van der Waals surface area contributed by atoms with Crippen LogP contribution >= 0.6 is 0 Å². The highest BCUT2D eigenvalue weighted by atomic mass is 32.2. The zero-order chi connectivity index (χ0) is 13.0. The van der Waals surface area contributed by atoms with Crippen molar-refractivity contribution in [3.63, 3.8) is 0 Å². The molecule has 1 aromatic rings. The summed E-state index contributed by atoms with van der Waals surface area (Å²) in [7, 11) is -0.668. The lowest BCUT2D eigenvalue weighted by Gasteiger charge is -2.26. The summed E-state index contributed by atoms with van der Waals surface area (Å²) in [6.07, 6.45) is -0.0519. The summed E-state index contributed by atoms with van der Waals surface area (Å²) in [5.74, 6) is 1.12. The molecule has 1 aliphatic rings. The summed E-state index contributed by atoms with van der Waals surface area (Å²) >= 11 is 0. The number of rotatable bonds is 4. The fraction of sp³-hybridized carbons (Fsp3) is 0.538. The van der Waals surface area contributed by atoms with Gasteiger partial charge in [-0.25, -0.2) is 4.39 Å². The predicted octanol–water partition coefficient (Wildman–Crippen LogP) is 1.31. The zero-order valence-corrected chi connectivity index (χ0v) is 11.0. The molecule has 1 aliphatic heterocycles. The molecule has 2 rings (SSSR count). The number of aliphatic hydroxyl groups is 1. The third kappa shape index (κ3) is 3.86. The van der Waals surface area contributed by atoms with E-state index < -0.39 is 16.9 Å². The maximum Gasteiger partial charge on any atom is 0.123 e. The van der Waals surface area contributed by atoms with E-state index in [0.29, 0.717) is 12.0 Å². The number of hydrogen-bond acceptors (Lipinski definition) is 3. The van der Waals surface area contributed by atoms with Crippen molar-refractivity contribution >= 4 is 10.8 Å². The first-order chi connectivity index (χ1) is 8.65. The highest BCUT2D eigenvalue weighted by molar-refractivity contribution is 7.85. The van der Waals surface area contributed by atoms with Gasteiger partial charge in [-0.15, -0.1) is 0 Å². The van der Waals surface area contributed by atoms with Crippen molar-refractivity contribution in [3.8, 4) is 0 Å². The topological polar surface area (TPSA) is 40.5 Å². The summed E-state index contributed by atoms with van der Waals surface area (Å²) in [6, 6.07) is 6.09. The van der Waals surface area contributed by atoms with Crippen LogP contribution in [0.3, 0.4) is 0 Å². The highest BCUT2D eigenvalue weighted by Gasteiger charge is 2.16. The Labute approximate surface area is 109 Å². The van der Waals surface area contributed by atoms with Crippen molar-refractivity contribution in [1.82, 2.24) is 4.90 Å². The minimum Gasteiger partial charge on any atom is -0.388 e. The van der Waals surface area contributed by atoms with E-state index >= 15 is 0 Å². The molecule has 0 amide bonds. The SMILES string of the molecule is O=S1CCN(CCC(O)c2cccc(F)c2)CC1. The largest absolute Gasteiger partial charge is 0.388 e. The lowest BCUT2D eigenvalue weighted by atomic mass is 10.1. The van der Waals surface area contributed by atoms with Crippen LogP contribution in [0.4, 0.5) is 4.39 Å². The van der Waals surface area contributed by atoms with E-state index in [1.165, 1.54) is 12.1 Å². The first-order valence-electron chi connectivity index (χ1n) is 6.16. The number of aliphatic hydroxyl groups excluding tert-OH is 1. The van der Waals surface area contributed by atoms with E-state index in [-0.39, 0.29) is 5.82 Å². The van der Waals surface area contributed by atoms with Crippen molar-refractivity contribution in [2.45, 2.75) is 12.5 Å². The van der Waals surface area contributed by atoms with E-state index in [0.717, 1.165) is 31.1 Å². The summed E-state index contributed by atoms with van der Waals surface area (Å²) < 4.78 is 24.2. The number of halogens is 1. The second-order valence-electron chi connectivity index (χ2n) is 4.55. The lowest BCUT2D eigenvalue weighted by molar-refractivity contribution is 0.144. The molecule has 1 fully saturated rings. The zero-order valence-electron chi connectivity index (χ0n) is 10.2. The molecule has 0 saturated carbocycles. The molecule has 1 aromatic carbocycles. The quantitative estimate of drug-likeness (QED) is 0.898. The maximum absolute atomic E-state index is 13.0. The molecule has 100 valence electrons. The Morgan fingerprint density at radius 3 is 2.78 bits per heavy atom. The summed E-state index contributed by atoms with van der Waals surface area (Å²) in [4.78, 5) is 2.20. The molecule has 0 aromatic heterocycles. The molecule has 0 spiro atoms. The van der Waals surface area contributed by atoms with E-state index in [4.69, 9.17) is 0 Å². The van der Waals surface area contributed by atoms with Crippen LogP contribution in [0, 0.1) is 5.82 Å². The molecular formula is C13H18FNO2S. The standard InChI is InChI=1S/C13H18FNO2S/c14-12-3-1-2-11(10-12)13(16)4-5-15-6-8-18(17)9-7-15/h1-3,10,13,16H,4-9H2. The predicted molar refractivity (Wildman–Crippen MR) is 70.3 cm³/mol. The Balaban J connectivity index is 1.81. The highest BCUT2D eigenvalue weighted by Crippen LogP contribution is 2.18. The molecule has 1 saturated heterocycles. The number of hydrogen-bond donors (Lipinski definition) is 1. The van der Waals surface area contributed by atoms with Gasteiger partial charge in [0.1, 0.15) is 5.82 Å². The third-order valence-corrected chi connectivity index (χ3v) is 4.50. The van der Waals surface area contributed by atoms with E-state index in [1.807, 2.05) is 0 Å². The second kappa shape index (κ2) is 6.41. The van der Waals surface area contributed by atoms with Crippen LogP contribution in [0.25, 0.3) is 0 Å². The van der Waals surface area contributed by atoms with Crippen LogP contribution in [0.15, 0.2) is 24.3 Å². The molecular weight excluding hydrogens is 253 g/mol. The minimum atomic E-state index is -0.668. The fourth-order valence-electron chi connectivity index (χ4n) is 2.08. The molecule has 1 N–H and O–H groups in total. The van der Waals surface area contributed by atoms with Gasteiger partial charge < -0.3 is 10.0 Å². The van der Waals surface area contributed by atoms with Crippen molar-refractivity contribution in [1.29, 1.82) is 0 Å². The normalized spacial score (nSPS) is 19.9. The van der Waals surface area contributed by atoms with E-state index in [1.54, 1.807) is 12.1 Å². The molecule has 1 heterocycles. The van der Waals surface area contributed by atoms with Crippen LogP contribution in [-0.2, 0) is 10.8 Å². The van der Waals surface area contributed by atoms with Gasteiger partial charge in [0.05, 0.1) is 6.10 Å². The number of nitrogens with zero attached hydrogens (tertiary/aromatic N) is 1. The first-order valence-corrected chi connectivity index (χ1v) is 7.65. The Hall–Kier alpha value is -0.780. The second-order valence-corrected chi connectivity index (χ2v) is 6.25. The summed E-state index contributed by atoms with van der Waals surface area (Å²) in [5.41, 5.74) is 0.621. The minimum absolute atomic E-state index is 0.320. The summed E-state index contributed by atoms with van der Waals surface area (Å²) in [5, 5.41) is 9.97. The molecule has 1 unspecified atom stereocenters. The molecule has 0 aliphatic carbocycles. The summed E-state index contributed by atoms with van der Waals surface area (Å²) in [6.45, 7) is 2.40. The maximum atomic E-state index is 13.0. The van der Waals surface area contributed by atoms with Crippen molar-refractivity contribution in [3.05, 3.63) is 35.6 Å². The van der Waals surface area contributed by atoms with Crippen LogP contribution in [0.2, 0.25) is 0 Å². The number of benzene rings is 1. The smallest absolute Gasteiger partial charge is 0.123 e. The Morgan fingerprint density at radius 1 is 1.39 bits per heavy atom. The Kier molecular flexibility index (Phi) is 4.86. The monoisotopic (exact) mass is 271 g/mol. The lowest BCUT2D eigenvalue weighted by Crippen LogP contribution is -2.38. The van der Waals surface area contributed by atoms with Gasteiger partial charge in [0.2, 0.25) is 0 Å². The fourth-order valence-corrected chi connectivity index (χ4v) is 3.21. The molecule has 0 radical (unpaired) electrons. The van der Waals surface area contributed by atoms with Gasteiger partial charge in [0.15, 0.2) is 0 Å². The van der Waals surface area contributed by atoms with Gasteiger partial charge in [-0.3, -0.25) is 4.21 Å².